The summed E-state index contributed by atoms with van der Waals surface area (Å²) in [7, 11) is 0. The number of thioether (sulfide) groups is 1. The number of hydrogen-bond acceptors (Lipinski definition) is 5. The molecule has 1 N–H and O–H groups in total. The first-order chi connectivity index (χ1) is 9.61. The van der Waals surface area contributed by atoms with Gasteiger partial charge in [0.2, 0.25) is 0 Å². The maximum absolute atomic E-state index is 11.3. The fourth-order valence-corrected chi connectivity index (χ4v) is 2.80. The van der Waals surface area contributed by atoms with Crippen molar-refractivity contribution >= 4 is 23.5 Å². The molecule has 2 heterocycles. The van der Waals surface area contributed by atoms with Gasteiger partial charge >= 0.3 is 5.97 Å². The highest BCUT2D eigenvalue weighted by molar-refractivity contribution is 7.98. The van der Waals surface area contributed by atoms with Gasteiger partial charge in [0.25, 0.3) is 0 Å². The monoisotopic (exact) mass is 295 g/mol. The van der Waals surface area contributed by atoms with E-state index in [1.165, 1.54) is 0 Å². The number of nitrogens with zero attached hydrogens (tertiary/aromatic N) is 3. The molecule has 0 amide bonds. The van der Waals surface area contributed by atoms with Crippen molar-refractivity contribution in [3.63, 3.8) is 0 Å². The van der Waals surface area contributed by atoms with Gasteiger partial charge in [0.15, 0.2) is 0 Å². The molecule has 2 rings (SSSR count). The number of carboxylic acids is 1. The number of rotatable bonds is 5. The summed E-state index contributed by atoms with van der Waals surface area (Å²) in [6.07, 6.45) is 2.12. The van der Waals surface area contributed by atoms with Gasteiger partial charge in [-0.2, -0.15) is 11.8 Å². The number of aromatic nitrogens is 1. The summed E-state index contributed by atoms with van der Waals surface area (Å²) in [6.45, 7) is 6.60. The predicted octanol–water partition coefficient (Wildman–Crippen LogP) is 1.57. The third-order valence-electron chi connectivity index (χ3n) is 3.53. The first-order valence-corrected chi connectivity index (χ1v) is 8.18. The molecule has 1 aromatic heterocycles. The maximum atomic E-state index is 11.3. The number of aryl methyl sites for hydroxylation is 1. The van der Waals surface area contributed by atoms with E-state index in [9.17, 15) is 9.90 Å². The zero-order valence-corrected chi connectivity index (χ0v) is 12.8. The Morgan fingerprint density at radius 2 is 2.05 bits per heavy atom. The van der Waals surface area contributed by atoms with E-state index in [-0.39, 0.29) is 0 Å². The van der Waals surface area contributed by atoms with Gasteiger partial charge in [-0.15, -0.1) is 0 Å². The van der Waals surface area contributed by atoms with Gasteiger partial charge in [0.05, 0.1) is 0 Å². The van der Waals surface area contributed by atoms with Crippen LogP contribution < -0.4 is 4.90 Å². The van der Waals surface area contributed by atoms with E-state index >= 15 is 0 Å². The van der Waals surface area contributed by atoms with Crippen LogP contribution >= 0.6 is 11.8 Å². The molecule has 0 aliphatic carbocycles. The van der Waals surface area contributed by atoms with Gasteiger partial charge < -0.3 is 10.0 Å². The normalized spacial score (nSPS) is 16.4. The van der Waals surface area contributed by atoms with Crippen LogP contribution in [0, 0.1) is 6.92 Å². The second-order valence-electron chi connectivity index (χ2n) is 4.95. The van der Waals surface area contributed by atoms with Crippen LogP contribution in [-0.4, -0.2) is 65.7 Å². The zero-order valence-electron chi connectivity index (χ0n) is 12.0. The summed E-state index contributed by atoms with van der Waals surface area (Å²) >= 11 is 1.86. The van der Waals surface area contributed by atoms with E-state index in [1.807, 2.05) is 18.7 Å². The Balaban J connectivity index is 2.06. The second-order valence-corrected chi connectivity index (χ2v) is 5.94. The number of hydrogen-bond donors (Lipinski definition) is 1. The third-order valence-corrected chi connectivity index (χ3v) is 4.12. The number of piperazine rings is 1. The van der Waals surface area contributed by atoms with Crippen molar-refractivity contribution in [2.45, 2.75) is 6.92 Å². The van der Waals surface area contributed by atoms with Crippen LogP contribution in [0.25, 0.3) is 0 Å². The summed E-state index contributed by atoms with van der Waals surface area (Å²) in [4.78, 5) is 20.2. The van der Waals surface area contributed by atoms with E-state index in [0.29, 0.717) is 11.4 Å². The summed E-state index contributed by atoms with van der Waals surface area (Å²) in [5.74, 6) is 0.850. The van der Waals surface area contributed by atoms with Crippen molar-refractivity contribution in [2.75, 3.05) is 49.6 Å². The van der Waals surface area contributed by atoms with Gasteiger partial charge in [-0.3, -0.25) is 4.90 Å². The van der Waals surface area contributed by atoms with E-state index < -0.39 is 5.97 Å². The molecule has 0 unspecified atom stereocenters. The fourth-order valence-electron chi connectivity index (χ4n) is 2.35. The van der Waals surface area contributed by atoms with Gasteiger partial charge in [-0.05, 0) is 25.3 Å². The van der Waals surface area contributed by atoms with E-state index in [0.717, 1.165) is 44.2 Å². The smallest absolute Gasteiger partial charge is 0.339 e. The highest BCUT2D eigenvalue weighted by atomic mass is 32.2. The standard InChI is InChI=1S/C14H21N3O2S/c1-11-3-4-12(14(18)19)13(15-11)17-7-5-16(6-8-17)9-10-20-2/h3-4H,5-10H2,1-2H3,(H,18,19). The molecular weight excluding hydrogens is 274 g/mol. The highest BCUT2D eigenvalue weighted by Crippen LogP contribution is 2.20. The van der Waals surface area contributed by atoms with Gasteiger partial charge in [0.1, 0.15) is 11.4 Å². The lowest BCUT2D eigenvalue weighted by molar-refractivity contribution is 0.0697. The minimum Gasteiger partial charge on any atom is -0.478 e. The molecule has 1 fully saturated rings. The molecule has 1 aliphatic rings. The Morgan fingerprint density at radius 1 is 1.35 bits per heavy atom. The van der Waals surface area contributed by atoms with Crippen LogP contribution in [-0.2, 0) is 0 Å². The van der Waals surface area contributed by atoms with E-state index in [2.05, 4.69) is 21.0 Å². The molecule has 6 heteroatoms. The van der Waals surface area contributed by atoms with Crippen molar-refractivity contribution in [3.05, 3.63) is 23.4 Å². The molecule has 20 heavy (non-hydrogen) atoms. The van der Waals surface area contributed by atoms with Gasteiger partial charge in [0, 0.05) is 44.2 Å². The van der Waals surface area contributed by atoms with Crippen LogP contribution in [0.3, 0.4) is 0 Å². The zero-order chi connectivity index (χ0) is 14.5. The maximum Gasteiger partial charge on any atom is 0.339 e. The van der Waals surface area contributed by atoms with Gasteiger partial charge in [-0.25, -0.2) is 9.78 Å². The molecular formula is C14H21N3O2S. The molecule has 5 nitrogen and oxygen atoms in total. The SMILES string of the molecule is CSCCN1CCN(c2nc(C)ccc2C(=O)O)CC1. The van der Waals surface area contributed by atoms with Crippen LogP contribution in [0.15, 0.2) is 12.1 Å². The Labute approximate surface area is 124 Å². The molecule has 0 bridgehead atoms. The Hall–Kier alpha value is -1.27. The molecule has 0 spiro atoms. The number of carboxylic acid groups (broad SMARTS) is 1. The van der Waals surface area contributed by atoms with E-state index in [1.54, 1.807) is 12.1 Å². The third kappa shape index (κ3) is 3.64. The highest BCUT2D eigenvalue weighted by Gasteiger charge is 2.22. The van der Waals surface area contributed by atoms with Gasteiger partial charge in [-0.1, -0.05) is 0 Å². The number of carbonyl (C=O) groups is 1. The van der Waals surface area contributed by atoms with Crippen molar-refractivity contribution < 1.29 is 9.90 Å². The topological polar surface area (TPSA) is 56.7 Å². The van der Waals surface area contributed by atoms with Crippen LogP contribution in [0.1, 0.15) is 16.1 Å². The molecule has 1 aromatic rings. The molecule has 0 atom stereocenters. The second kappa shape index (κ2) is 6.95. The Morgan fingerprint density at radius 3 is 2.65 bits per heavy atom. The van der Waals surface area contributed by atoms with Crippen LogP contribution in [0.4, 0.5) is 5.82 Å². The molecule has 1 saturated heterocycles. The average molecular weight is 295 g/mol. The summed E-state index contributed by atoms with van der Waals surface area (Å²) in [5, 5.41) is 9.28. The van der Waals surface area contributed by atoms with Crippen LogP contribution in [0.2, 0.25) is 0 Å². The van der Waals surface area contributed by atoms with Crippen molar-refractivity contribution in [3.8, 4) is 0 Å². The first kappa shape index (κ1) is 15.1. The summed E-state index contributed by atoms with van der Waals surface area (Å²) in [6, 6.07) is 3.40. The lowest BCUT2D eigenvalue weighted by Gasteiger charge is -2.35. The number of anilines is 1. The van der Waals surface area contributed by atoms with Crippen molar-refractivity contribution in [2.24, 2.45) is 0 Å². The molecule has 0 aromatic carbocycles. The first-order valence-electron chi connectivity index (χ1n) is 6.79. The average Bonchev–Trinajstić information content (AvgIpc) is 2.45. The molecule has 0 saturated carbocycles. The molecule has 1 aliphatic heterocycles. The fraction of sp³-hybridized carbons (Fsp3) is 0.571. The minimum absolute atomic E-state index is 0.299. The Bertz CT molecular complexity index is 473. The Kier molecular flexibility index (Phi) is 5.25. The largest absolute Gasteiger partial charge is 0.478 e. The quantitative estimate of drug-likeness (QED) is 0.890. The molecule has 110 valence electrons. The molecule has 0 radical (unpaired) electrons. The minimum atomic E-state index is -0.905. The summed E-state index contributed by atoms with van der Waals surface area (Å²) in [5.41, 5.74) is 1.16. The van der Waals surface area contributed by atoms with Crippen molar-refractivity contribution in [1.29, 1.82) is 0 Å². The summed E-state index contributed by atoms with van der Waals surface area (Å²) < 4.78 is 0. The van der Waals surface area contributed by atoms with Crippen LogP contribution in [0.5, 0.6) is 0 Å². The lowest BCUT2D eigenvalue weighted by Crippen LogP contribution is -2.47. The van der Waals surface area contributed by atoms with E-state index in [4.69, 9.17) is 0 Å². The van der Waals surface area contributed by atoms with Crippen molar-refractivity contribution in [1.82, 2.24) is 9.88 Å². The number of pyridine rings is 1. The lowest BCUT2D eigenvalue weighted by atomic mass is 10.2. The predicted molar refractivity (Wildman–Crippen MR) is 83.0 cm³/mol. The number of aromatic carboxylic acids is 1.